The summed E-state index contributed by atoms with van der Waals surface area (Å²) in [7, 11) is -3.52. The summed E-state index contributed by atoms with van der Waals surface area (Å²) < 4.78 is 27.7. The Bertz CT molecular complexity index is 551. The van der Waals surface area contributed by atoms with E-state index in [1.165, 1.54) is 6.07 Å². The largest absolute Gasteiger partial charge is 0.399 e. The molecular weight excluding hydrogens is 260 g/mol. The molecule has 0 heterocycles. The summed E-state index contributed by atoms with van der Waals surface area (Å²) in [5.74, 6) is 0.252. The minimum absolute atomic E-state index is 0.0638. The third kappa shape index (κ3) is 3.70. The highest BCUT2D eigenvalue weighted by atomic mass is 32.2. The van der Waals surface area contributed by atoms with Crippen molar-refractivity contribution in [1.29, 1.82) is 0 Å². The molecule has 5 heteroatoms. The number of aryl methyl sites for hydroxylation is 1. The summed E-state index contributed by atoms with van der Waals surface area (Å²) in [4.78, 5) is 0.282. The summed E-state index contributed by atoms with van der Waals surface area (Å²) in [6.07, 6.45) is 0.761. The highest BCUT2D eigenvalue weighted by Crippen LogP contribution is 2.23. The molecule has 0 aliphatic heterocycles. The molecule has 1 aromatic carbocycles. The fraction of sp³-hybridized carbons (Fsp3) is 0.571. The predicted molar refractivity (Wildman–Crippen MR) is 79.6 cm³/mol. The maximum atomic E-state index is 12.5. The molecule has 1 aromatic rings. The minimum Gasteiger partial charge on any atom is -0.399 e. The van der Waals surface area contributed by atoms with Gasteiger partial charge in [0.2, 0.25) is 10.0 Å². The van der Waals surface area contributed by atoms with Crippen LogP contribution in [0.25, 0.3) is 0 Å². The van der Waals surface area contributed by atoms with Crippen LogP contribution in [0, 0.1) is 19.8 Å². The summed E-state index contributed by atoms with van der Waals surface area (Å²) in [6, 6.07) is 3.25. The number of nitrogen functional groups attached to an aromatic ring is 1. The van der Waals surface area contributed by atoms with Gasteiger partial charge in [-0.05, 0) is 49.4 Å². The summed E-state index contributed by atoms with van der Waals surface area (Å²) in [5, 5.41) is 0. The number of hydrogen-bond donors (Lipinski definition) is 2. The average Bonchev–Trinajstić information content (AvgIpc) is 2.30. The van der Waals surface area contributed by atoms with Crippen molar-refractivity contribution in [2.24, 2.45) is 5.92 Å². The number of rotatable bonds is 5. The van der Waals surface area contributed by atoms with Crippen molar-refractivity contribution in [3.8, 4) is 0 Å². The highest BCUT2D eigenvalue weighted by Gasteiger charge is 2.23. The standard InChI is InChI=1S/C14H24N2O2S/c1-6-13(9(2)3)16-19(17,18)14-8-12(15)7-10(4)11(14)5/h7-9,13,16H,6,15H2,1-5H3. The monoisotopic (exact) mass is 284 g/mol. The van der Waals surface area contributed by atoms with Crippen LogP contribution in [0.1, 0.15) is 38.3 Å². The predicted octanol–water partition coefficient (Wildman–Crippen LogP) is 2.60. The fourth-order valence-electron chi connectivity index (χ4n) is 2.09. The number of hydrogen-bond acceptors (Lipinski definition) is 3. The van der Waals surface area contributed by atoms with Gasteiger partial charge in [-0.2, -0.15) is 0 Å². The number of sulfonamides is 1. The first kappa shape index (κ1) is 16.0. The Balaban J connectivity index is 3.21. The molecular formula is C14H24N2O2S. The van der Waals surface area contributed by atoms with Crippen LogP contribution in [0.4, 0.5) is 5.69 Å². The van der Waals surface area contributed by atoms with Gasteiger partial charge < -0.3 is 5.73 Å². The van der Waals surface area contributed by atoms with Gasteiger partial charge in [-0.15, -0.1) is 0 Å². The number of anilines is 1. The Morgan fingerprint density at radius 2 is 1.84 bits per heavy atom. The lowest BCUT2D eigenvalue weighted by atomic mass is 10.0. The van der Waals surface area contributed by atoms with Crippen molar-refractivity contribution in [2.75, 3.05) is 5.73 Å². The normalized spacial score (nSPS) is 13.8. The van der Waals surface area contributed by atoms with Gasteiger partial charge in [0.1, 0.15) is 0 Å². The molecule has 0 spiro atoms. The van der Waals surface area contributed by atoms with Gasteiger partial charge in [-0.25, -0.2) is 13.1 Å². The minimum atomic E-state index is -3.52. The van der Waals surface area contributed by atoms with E-state index < -0.39 is 10.0 Å². The second-order valence-corrected chi connectivity index (χ2v) is 7.02. The van der Waals surface area contributed by atoms with E-state index in [1.54, 1.807) is 13.0 Å². The van der Waals surface area contributed by atoms with Crippen LogP contribution in [0.2, 0.25) is 0 Å². The zero-order valence-electron chi connectivity index (χ0n) is 12.3. The lowest BCUT2D eigenvalue weighted by Crippen LogP contribution is -2.38. The van der Waals surface area contributed by atoms with Crippen LogP contribution in [0.3, 0.4) is 0 Å². The van der Waals surface area contributed by atoms with E-state index in [-0.39, 0.29) is 16.9 Å². The molecule has 0 aromatic heterocycles. The molecule has 0 radical (unpaired) electrons. The summed E-state index contributed by atoms with van der Waals surface area (Å²) in [6.45, 7) is 9.66. The smallest absolute Gasteiger partial charge is 0.241 e. The van der Waals surface area contributed by atoms with Crippen LogP contribution >= 0.6 is 0 Å². The van der Waals surface area contributed by atoms with Gasteiger partial charge in [-0.3, -0.25) is 0 Å². The summed E-state index contributed by atoms with van der Waals surface area (Å²) >= 11 is 0. The van der Waals surface area contributed by atoms with Crippen molar-refractivity contribution in [3.05, 3.63) is 23.3 Å². The number of nitrogens with one attached hydrogen (secondary N) is 1. The lowest BCUT2D eigenvalue weighted by Gasteiger charge is -2.21. The van der Waals surface area contributed by atoms with Crippen LogP contribution in [-0.2, 0) is 10.0 Å². The highest BCUT2D eigenvalue weighted by molar-refractivity contribution is 7.89. The lowest BCUT2D eigenvalue weighted by molar-refractivity contribution is 0.437. The van der Waals surface area contributed by atoms with E-state index in [2.05, 4.69) is 4.72 Å². The van der Waals surface area contributed by atoms with Gasteiger partial charge in [0, 0.05) is 11.7 Å². The van der Waals surface area contributed by atoms with Gasteiger partial charge in [0.25, 0.3) is 0 Å². The fourth-order valence-corrected chi connectivity index (χ4v) is 3.91. The zero-order valence-corrected chi connectivity index (χ0v) is 13.1. The van der Waals surface area contributed by atoms with E-state index in [0.717, 1.165) is 17.5 Å². The molecule has 3 N–H and O–H groups in total. The third-order valence-electron chi connectivity index (χ3n) is 3.48. The first-order valence-electron chi connectivity index (χ1n) is 6.58. The van der Waals surface area contributed by atoms with Crippen molar-refractivity contribution < 1.29 is 8.42 Å². The molecule has 0 fully saturated rings. The number of benzene rings is 1. The molecule has 1 rings (SSSR count). The third-order valence-corrected chi connectivity index (χ3v) is 5.10. The Hall–Kier alpha value is -1.07. The van der Waals surface area contributed by atoms with Crippen molar-refractivity contribution in [2.45, 2.75) is 52.0 Å². The molecule has 0 aliphatic carbocycles. The second kappa shape index (κ2) is 5.92. The topological polar surface area (TPSA) is 72.2 Å². The molecule has 1 unspecified atom stereocenters. The van der Waals surface area contributed by atoms with Crippen LogP contribution in [0.15, 0.2) is 17.0 Å². The summed E-state index contributed by atoms with van der Waals surface area (Å²) in [5.41, 5.74) is 7.87. The van der Waals surface area contributed by atoms with Gasteiger partial charge in [-0.1, -0.05) is 20.8 Å². The molecule has 0 saturated heterocycles. The first-order chi connectivity index (χ1) is 8.69. The Morgan fingerprint density at radius 1 is 1.26 bits per heavy atom. The van der Waals surface area contributed by atoms with E-state index in [0.29, 0.717) is 5.69 Å². The van der Waals surface area contributed by atoms with E-state index >= 15 is 0 Å². The van der Waals surface area contributed by atoms with Crippen molar-refractivity contribution in [1.82, 2.24) is 4.72 Å². The van der Waals surface area contributed by atoms with Gasteiger partial charge in [0.15, 0.2) is 0 Å². The van der Waals surface area contributed by atoms with Crippen LogP contribution < -0.4 is 10.5 Å². The van der Waals surface area contributed by atoms with Crippen LogP contribution in [-0.4, -0.2) is 14.5 Å². The number of nitrogens with two attached hydrogens (primary N) is 1. The molecule has 0 bridgehead atoms. The maximum Gasteiger partial charge on any atom is 0.241 e. The maximum absolute atomic E-state index is 12.5. The van der Waals surface area contributed by atoms with Gasteiger partial charge >= 0.3 is 0 Å². The quantitative estimate of drug-likeness (QED) is 0.816. The Labute approximate surface area is 116 Å². The van der Waals surface area contributed by atoms with E-state index in [4.69, 9.17) is 5.73 Å². The molecule has 1 atom stereocenters. The second-order valence-electron chi connectivity index (χ2n) is 5.34. The average molecular weight is 284 g/mol. The van der Waals surface area contributed by atoms with E-state index in [1.807, 2.05) is 27.7 Å². The molecule has 0 saturated carbocycles. The Kier molecular flexibility index (Phi) is 4.98. The van der Waals surface area contributed by atoms with Crippen LogP contribution in [0.5, 0.6) is 0 Å². The zero-order chi connectivity index (χ0) is 14.8. The van der Waals surface area contributed by atoms with E-state index in [9.17, 15) is 8.42 Å². The molecule has 0 amide bonds. The Morgan fingerprint density at radius 3 is 2.32 bits per heavy atom. The SMILES string of the molecule is CCC(NS(=O)(=O)c1cc(N)cc(C)c1C)C(C)C. The van der Waals surface area contributed by atoms with Crippen molar-refractivity contribution >= 4 is 15.7 Å². The molecule has 4 nitrogen and oxygen atoms in total. The molecule has 0 aliphatic rings. The first-order valence-corrected chi connectivity index (χ1v) is 8.06. The molecule has 108 valence electrons. The molecule has 19 heavy (non-hydrogen) atoms. The van der Waals surface area contributed by atoms with Gasteiger partial charge in [0.05, 0.1) is 4.90 Å². The van der Waals surface area contributed by atoms with Crippen molar-refractivity contribution in [3.63, 3.8) is 0 Å².